The van der Waals surface area contributed by atoms with E-state index in [1.807, 2.05) is 20.8 Å². The first-order valence-electron chi connectivity index (χ1n) is 4.43. The molecule has 0 fully saturated rings. The number of hydrogen-bond acceptors (Lipinski definition) is 2. The van der Waals surface area contributed by atoms with Crippen LogP contribution in [0.25, 0.3) is 0 Å². The van der Waals surface area contributed by atoms with Gasteiger partial charge in [-0.15, -0.1) is 0 Å². The summed E-state index contributed by atoms with van der Waals surface area (Å²) in [6.45, 7) is 9.55. The minimum absolute atomic E-state index is 0.157. The van der Waals surface area contributed by atoms with Gasteiger partial charge in [0.1, 0.15) is 0 Å². The van der Waals surface area contributed by atoms with Crippen LogP contribution in [0, 0.1) is 17.0 Å². The summed E-state index contributed by atoms with van der Waals surface area (Å²) in [5.74, 6) is 0. The van der Waals surface area contributed by atoms with E-state index in [9.17, 15) is 10.1 Å². The molecule has 0 aromatic heterocycles. The van der Waals surface area contributed by atoms with Crippen molar-refractivity contribution in [3.05, 3.63) is 46.4 Å². The van der Waals surface area contributed by atoms with Crippen LogP contribution in [0.5, 0.6) is 0 Å². The van der Waals surface area contributed by atoms with Gasteiger partial charge in [-0.25, -0.2) is 0 Å². The highest BCUT2D eigenvalue weighted by molar-refractivity contribution is 5.47. The predicted octanol–water partition coefficient (Wildman–Crippen LogP) is 3.07. The number of rotatable bonds is 1. The second-order valence-electron chi connectivity index (χ2n) is 4.36. The summed E-state index contributed by atoms with van der Waals surface area (Å²) >= 11 is 0. The molecular weight excluding hydrogens is 178 g/mol. The Morgan fingerprint density at radius 3 is 2.36 bits per heavy atom. The van der Waals surface area contributed by atoms with E-state index in [0.29, 0.717) is 5.56 Å². The molecule has 1 radical (unpaired) electrons. The molecule has 0 spiro atoms. The predicted molar refractivity (Wildman–Crippen MR) is 56.3 cm³/mol. The van der Waals surface area contributed by atoms with Gasteiger partial charge in [-0.3, -0.25) is 10.1 Å². The normalized spacial score (nSPS) is 11.4. The first-order valence-corrected chi connectivity index (χ1v) is 4.43. The van der Waals surface area contributed by atoms with Crippen LogP contribution in [-0.4, -0.2) is 4.92 Å². The molecule has 14 heavy (non-hydrogen) atoms. The van der Waals surface area contributed by atoms with Gasteiger partial charge >= 0.3 is 0 Å². The molecule has 3 heteroatoms. The van der Waals surface area contributed by atoms with E-state index in [0.717, 1.165) is 5.56 Å². The molecule has 0 aliphatic carbocycles. The largest absolute Gasteiger partial charge is 0.273 e. The Morgan fingerprint density at radius 1 is 1.36 bits per heavy atom. The molecule has 3 nitrogen and oxygen atoms in total. The van der Waals surface area contributed by atoms with E-state index in [-0.39, 0.29) is 16.0 Å². The summed E-state index contributed by atoms with van der Waals surface area (Å²) < 4.78 is 0. The Labute approximate surface area is 83.9 Å². The topological polar surface area (TPSA) is 43.1 Å². The van der Waals surface area contributed by atoms with Crippen LogP contribution >= 0.6 is 0 Å². The lowest BCUT2D eigenvalue weighted by Gasteiger charge is -2.18. The lowest BCUT2D eigenvalue weighted by Crippen LogP contribution is -2.13. The average molecular weight is 192 g/mol. The zero-order valence-electron chi connectivity index (χ0n) is 8.70. The van der Waals surface area contributed by atoms with Crippen LogP contribution in [0.4, 0.5) is 5.69 Å². The Balaban J connectivity index is 3.37. The second kappa shape index (κ2) is 3.40. The van der Waals surface area contributed by atoms with Gasteiger partial charge in [0.25, 0.3) is 5.69 Å². The van der Waals surface area contributed by atoms with Crippen LogP contribution < -0.4 is 0 Å². The Morgan fingerprint density at radius 2 is 1.93 bits per heavy atom. The van der Waals surface area contributed by atoms with Gasteiger partial charge in [0.2, 0.25) is 0 Å². The smallest absolute Gasteiger partial charge is 0.258 e. The number of nitrogens with zero attached hydrogens (tertiary/aromatic N) is 1. The van der Waals surface area contributed by atoms with E-state index in [2.05, 4.69) is 6.92 Å². The summed E-state index contributed by atoms with van der Waals surface area (Å²) in [4.78, 5) is 10.4. The van der Waals surface area contributed by atoms with Crippen molar-refractivity contribution >= 4 is 5.69 Å². The van der Waals surface area contributed by atoms with Gasteiger partial charge in [0, 0.05) is 11.6 Å². The highest BCUT2D eigenvalue weighted by Crippen LogP contribution is 2.31. The number of benzene rings is 1. The summed E-state index contributed by atoms with van der Waals surface area (Å²) in [6, 6.07) is 5.09. The summed E-state index contributed by atoms with van der Waals surface area (Å²) in [5, 5.41) is 10.8. The summed E-state index contributed by atoms with van der Waals surface area (Å²) in [7, 11) is 0. The van der Waals surface area contributed by atoms with Crippen molar-refractivity contribution in [2.75, 3.05) is 0 Å². The quantitative estimate of drug-likeness (QED) is 0.507. The van der Waals surface area contributed by atoms with Crippen molar-refractivity contribution in [1.82, 2.24) is 0 Å². The lowest BCUT2D eigenvalue weighted by molar-refractivity contribution is -0.386. The van der Waals surface area contributed by atoms with Crippen molar-refractivity contribution in [3.63, 3.8) is 0 Å². The van der Waals surface area contributed by atoms with Gasteiger partial charge in [0.15, 0.2) is 0 Å². The average Bonchev–Trinajstić information content (AvgIpc) is 2.01. The van der Waals surface area contributed by atoms with Gasteiger partial charge in [0.05, 0.1) is 4.92 Å². The van der Waals surface area contributed by atoms with Gasteiger partial charge in [-0.2, -0.15) is 0 Å². The zero-order valence-corrected chi connectivity index (χ0v) is 8.70. The molecule has 75 valence electrons. The van der Waals surface area contributed by atoms with E-state index < -0.39 is 0 Å². The molecule has 0 amide bonds. The molecule has 0 aliphatic heterocycles. The number of nitro groups is 1. The third kappa shape index (κ3) is 2.10. The third-order valence-electron chi connectivity index (χ3n) is 2.07. The van der Waals surface area contributed by atoms with Crippen LogP contribution in [0.1, 0.15) is 31.9 Å². The SMILES string of the molecule is [CH2]c1ccc(C(C)(C)C)c([N+](=O)[O-])c1. The number of hydrogen-bond donors (Lipinski definition) is 0. The van der Waals surface area contributed by atoms with Crippen LogP contribution in [-0.2, 0) is 5.41 Å². The molecule has 0 bridgehead atoms. The van der Waals surface area contributed by atoms with Crippen molar-refractivity contribution in [3.8, 4) is 0 Å². The van der Waals surface area contributed by atoms with Crippen molar-refractivity contribution in [2.24, 2.45) is 0 Å². The zero-order chi connectivity index (χ0) is 10.9. The molecule has 0 saturated heterocycles. The molecule has 0 atom stereocenters. The molecule has 0 unspecified atom stereocenters. The van der Waals surface area contributed by atoms with Crippen LogP contribution in [0.15, 0.2) is 18.2 Å². The van der Waals surface area contributed by atoms with E-state index >= 15 is 0 Å². The number of nitro benzene ring substituents is 1. The van der Waals surface area contributed by atoms with Crippen molar-refractivity contribution in [1.29, 1.82) is 0 Å². The molecule has 0 aliphatic rings. The third-order valence-corrected chi connectivity index (χ3v) is 2.07. The lowest BCUT2D eigenvalue weighted by atomic mass is 9.85. The second-order valence-corrected chi connectivity index (χ2v) is 4.36. The summed E-state index contributed by atoms with van der Waals surface area (Å²) in [5.41, 5.74) is 1.36. The molecule has 1 aromatic rings. The maximum Gasteiger partial charge on any atom is 0.273 e. The van der Waals surface area contributed by atoms with Gasteiger partial charge in [-0.05, 0) is 17.9 Å². The van der Waals surface area contributed by atoms with E-state index in [1.54, 1.807) is 12.1 Å². The summed E-state index contributed by atoms with van der Waals surface area (Å²) in [6.07, 6.45) is 0. The monoisotopic (exact) mass is 192 g/mol. The molecular formula is C11H14NO2. The molecule has 0 heterocycles. The van der Waals surface area contributed by atoms with Crippen LogP contribution in [0.3, 0.4) is 0 Å². The fourth-order valence-corrected chi connectivity index (χ4v) is 1.36. The minimum Gasteiger partial charge on any atom is -0.258 e. The first-order chi connectivity index (χ1) is 6.32. The molecule has 1 aromatic carbocycles. The highest BCUT2D eigenvalue weighted by Gasteiger charge is 2.24. The van der Waals surface area contributed by atoms with Crippen molar-refractivity contribution < 1.29 is 4.92 Å². The maximum atomic E-state index is 10.8. The molecule has 0 N–H and O–H groups in total. The Bertz CT molecular complexity index is 364. The van der Waals surface area contributed by atoms with Gasteiger partial charge < -0.3 is 0 Å². The highest BCUT2D eigenvalue weighted by atomic mass is 16.6. The Kier molecular flexibility index (Phi) is 2.60. The molecule has 1 rings (SSSR count). The minimum atomic E-state index is -0.352. The van der Waals surface area contributed by atoms with E-state index in [1.165, 1.54) is 6.07 Å². The Hall–Kier alpha value is -1.38. The van der Waals surface area contributed by atoms with E-state index in [4.69, 9.17) is 0 Å². The van der Waals surface area contributed by atoms with Gasteiger partial charge in [-0.1, -0.05) is 32.9 Å². The molecule has 0 saturated carbocycles. The fourth-order valence-electron chi connectivity index (χ4n) is 1.36. The standard InChI is InChI=1S/C11H14NO2/c1-8-5-6-9(11(2,3)4)10(7-8)12(13)14/h5-7H,1H2,2-4H3. The van der Waals surface area contributed by atoms with Crippen molar-refractivity contribution in [2.45, 2.75) is 26.2 Å². The van der Waals surface area contributed by atoms with Crippen LogP contribution in [0.2, 0.25) is 0 Å². The fraction of sp³-hybridized carbons (Fsp3) is 0.364. The maximum absolute atomic E-state index is 10.8. The first kappa shape index (κ1) is 10.7.